The minimum atomic E-state index is -0.794. The van der Waals surface area contributed by atoms with Crippen LogP contribution in [0.15, 0.2) is 84.9 Å². The normalized spacial score (nSPS) is 14.7. The van der Waals surface area contributed by atoms with E-state index in [1.807, 2.05) is 60.7 Å². The van der Waals surface area contributed by atoms with Gasteiger partial charge >= 0.3 is 12.1 Å². The summed E-state index contributed by atoms with van der Waals surface area (Å²) in [5.41, 5.74) is 2.52. The molecule has 1 fully saturated rings. The first kappa shape index (κ1) is 23.4. The van der Waals surface area contributed by atoms with Gasteiger partial charge in [0.25, 0.3) is 0 Å². The van der Waals surface area contributed by atoms with Crippen molar-refractivity contribution in [3.05, 3.63) is 102 Å². The molecule has 0 spiro atoms. The monoisotopic (exact) mass is 461 g/mol. The van der Waals surface area contributed by atoms with Crippen molar-refractivity contribution in [2.75, 3.05) is 13.3 Å². The topological polar surface area (TPSA) is 97.9 Å². The number of carbonyl (C=O) groups excluding carboxylic acids is 2. The molecule has 176 valence electrons. The molecule has 34 heavy (non-hydrogen) atoms. The average Bonchev–Trinajstić information content (AvgIpc) is 2.89. The number of hydrogen-bond donors (Lipinski definition) is 3. The van der Waals surface area contributed by atoms with Gasteiger partial charge < -0.3 is 14.2 Å². The van der Waals surface area contributed by atoms with E-state index in [2.05, 4.69) is 16.0 Å². The summed E-state index contributed by atoms with van der Waals surface area (Å²) in [7, 11) is 0. The van der Waals surface area contributed by atoms with Crippen molar-refractivity contribution >= 4 is 12.1 Å². The number of rotatable bonds is 8. The maximum absolute atomic E-state index is 13.1. The molecule has 0 radical (unpaired) electrons. The van der Waals surface area contributed by atoms with E-state index < -0.39 is 12.1 Å². The second-order valence-corrected chi connectivity index (χ2v) is 7.76. The van der Waals surface area contributed by atoms with Crippen LogP contribution in [0.3, 0.4) is 0 Å². The van der Waals surface area contributed by atoms with E-state index in [0.717, 1.165) is 16.7 Å². The number of benzene rings is 3. The van der Waals surface area contributed by atoms with Gasteiger partial charge in [0.05, 0.1) is 6.17 Å². The third-order valence-corrected chi connectivity index (χ3v) is 5.35. The van der Waals surface area contributed by atoms with Crippen LogP contribution in [0.25, 0.3) is 0 Å². The van der Waals surface area contributed by atoms with Crippen LogP contribution in [-0.4, -0.2) is 31.6 Å². The Hall–Kier alpha value is -3.72. The lowest BCUT2D eigenvalue weighted by Gasteiger charge is -2.32. The molecular weight excluding hydrogens is 434 g/mol. The summed E-state index contributed by atoms with van der Waals surface area (Å²) >= 11 is 0. The van der Waals surface area contributed by atoms with Crippen molar-refractivity contribution in [1.29, 1.82) is 0 Å². The maximum atomic E-state index is 13.1. The molecule has 8 nitrogen and oxygen atoms in total. The molecule has 0 saturated carbocycles. The van der Waals surface area contributed by atoms with Crippen molar-refractivity contribution in [3.8, 4) is 5.75 Å². The van der Waals surface area contributed by atoms with Crippen LogP contribution >= 0.6 is 0 Å². The molecule has 3 aromatic rings. The Labute approximate surface area is 198 Å². The summed E-state index contributed by atoms with van der Waals surface area (Å²) in [6, 6.07) is 25.7. The highest BCUT2D eigenvalue weighted by molar-refractivity contribution is 5.79. The third-order valence-electron chi connectivity index (χ3n) is 5.35. The summed E-state index contributed by atoms with van der Waals surface area (Å²) in [5, 5.41) is 9.62. The second kappa shape index (κ2) is 11.9. The fraction of sp³-hybridized carbons (Fsp3) is 0.231. The van der Waals surface area contributed by atoms with Gasteiger partial charge in [0.2, 0.25) is 0 Å². The standard InChI is InChI=1S/C26H27N3O5/c30-25(32-15-19-7-3-1-4-8-19)23(24-28-17-27-18-29-24)21-11-13-22(14-12-21)34-26(31)33-16-20-9-5-2-6-10-20/h1-14,23-24,27-29H,15-18H2. The number of nitrogens with one attached hydrogen (secondary N) is 3. The zero-order chi connectivity index (χ0) is 23.6. The van der Waals surface area contributed by atoms with E-state index in [-0.39, 0.29) is 25.3 Å². The molecule has 1 heterocycles. The quantitative estimate of drug-likeness (QED) is 0.347. The molecule has 0 aliphatic carbocycles. The Morgan fingerprint density at radius 3 is 1.91 bits per heavy atom. The lowest BCUT2D eigenvalue weighted by atomic mass is 9.95. The lowest BCUT2D eigenvalue weighted by molar-refractivity contribution is -0.148. The van der Waals surface area contributed by atoms with E-state index in [1.54, 1.807) is 24.3 Å². The van der Waals surface area contributed by atoms with Crippen LogP contribution < -0.4 is 20.7 Å². The van der Waals surface area contributed by atoms with Gasteiger partial charge in [-0.3, -0.25) is 20.7 Å². The van der Waals surface area contributed by atoms with Gasteiger partial charge in [-0.2, -0.15) is 0 Å². The van der Waals surface area contributed by atoms with Crippen LogP contribution in [0.5, 0.6) is 5.75 Å². The first-order chi connectivity index (χ1) is 16.7. The Kier molecular flexibility index (Phi) is 8.23. The number of esters is 1. The molecule has 1 unspecified atom stereocenters. The van der Waals surface area contributed by atoms with E-state index in [9.17, 15) is 9.59 Å². The molecule has 1 aliphatic rings. The summed E-state index contributed by atoms with van der Waals surface area (Å²) in [6.45, 7) is 1.44. The van der Waals surface area contributed by atoms with E-state index in [0.29, 0.717) is 19.1 Å². The second-order valence-electron chi connectivity index (χ2n) is 7.76. The largest absolute Gasteiger partial charge is 0.514 e. The Balaban J connectivity index is 1.39. The van der Waals surface area contributed by atoms with Gasteiger partial charge in [0.1, 0.15) is 24.9 Å². The fourth-order valence-corrected chi connectivity index (χ4v) is 3.60. The predicted molar refractivity (Wildman–Crippen MR) is 126 cm³/mol. The maximum Gasteiger partial charge on any atom is 0.514 e. The Bertz CT molecular complexity index is 1050. The van der Waals surface area contributed by atoms with Crippen LogP contribution in [-0.2, 0) is 27.5 Å². The van der Waals surface area contributed by atoms with Crippen LogP contribution in [0.2, 0.25) is 0 Å². The number of carbonyl (C=O) groups is 2. The molecule has 1 aliphatic heterocycles. The summed E-state index contributed by atoms with van der Waals surface area (Å²) in [5.74, 6) is -0.624. The average molecular weight is 462 g/mol. The summed E-state index contributed by atoms with van der Waals surface area (Å²) in [4.78, 5) is 25.1. The summed E-state index contributed by atoms with van der Waals surface area (Å²) in [6.07, 6.45) is -1.11. The van der Waals surface area contributed by atoms with Gasteiger partial charge in [-0.25, -0.2) is 4.79 Å². The number of hydrogen-bond acceptors (Lipinski definition) is 8. The van der Waals surface area contributed by atoms with Crippen molar-refractivity contribution in [2.24, 2.45) is 0 Å². The minimum absolute atomic E-state index is 0.125. The number of ether oxygens (including phenoxy) is 3. The van der Waals surface area contributed by atoms with Crippen molar-refractivity contribution in [1.82, 2.24) is 16.0 Å². The van der Waals surface area contributed by atoms with Crippen LogP contribution in [0, 0.1) is 0 Å². The molecule has 0 amide bonds. The lowest BCUT2D eigenvalue weighted by Crippen LogP contribution is -2.59. The zero-order valence-corrected chi connectivity index (χ0v) is 18.6. The molecule has 1 saturated heterocycles. The highest BCUT2D eigenvalue weighted by Gasteiger charge is 2.32. The van der Waals surface area contributed by atoms with Crippen molar-refractivity contribution < 1.29 is 23.8 Å². The highest BCUT2D eigenvalue weighted by Crippen LogP contribution is 2.25. The fourth-order valence-electron chi connectivity index (χ4n) is 3.60. The van der Waals surface area contributed by atoms with Gasteiger partial charge in [-0.15, -0.1) is 0 Å². The van der Waals surface area contributed by atoms with Gasteiger partial charge in [0.15, 0.2) is 0 Å². The smallest absolute Gasteiger partial charge is 0.460 e. The molecule has 0 aromatic heterocycles. The highest BCUT2D eigenvalue weighted by atomic mass is 16.7. The minimum Gasteiger partial charge on any atom is -0.460 e. The van der Waals surface area contributed by atoms with E-state index in [1.165, 1.54) is 0 Å². The molecule has 0 bridgehead atoms. The Morgan fingerprint density at radius 2 is 1.32 bits per heavy atom. The molecule has 4 rings (SSSR count). The van der Waals surface area contributed by atoms with Gasteiger partial charge in [0, 0.05) is 13.3 Å². The molecular formula is C26H27N3O5. The Morgan fingerprint density at radius 1 is 0.765 bits per heavy atom. The van der Waals surface area contributed by atoms with E-state index in [4.69, 9.17) is 14.2 Å². The van der Waals surface area contributed by atoms with Crippen molar-refractivity contribution in [3.63, 3.8) is 0 Å². The first-order valence-corrected chi connectivity index (χ1v) is 11.1. The summed E-state index contributed by atoms with van der Waals surface area (Å²) < 4.78 is 16.0. The first-order valence-electron chi connectivity index (χ1n) is 11.1. The molecule has 1 atom stereocenters. The van der Waals surface area contributed by atoms with Crippen molar-refractivity contribution in [2.45, 2.75) is 25.3 Å². The predicted octanol–water partition coefficient (Wildman–Crippen LogP) is 3.25. The zero-order valence-electron chi connectivity index (χ0n) is 18.6. The van der Waals surface area contributed by atoms with Crippen LogP contribution in [0.1, 0.15) is 22.6 Å². The molecule has 3 N–H and O–H groups in total. The van der Waals surface area contributed by atoms with Gasteiger partial charge in [-0.05, 0) is 28.8 Å². The molecule has 3 aromatic carbocycles. The third kappa shape index (κ3) is 6.64. The SMILES string of the molecule is O=C(OCc1ccccc1)Oc1ccc(C(C(=O)OCc2ccccc2)C2NCNCN2)cc1. The van der Waals surface area contributed by atoms with E-state index >= 15 is 0 Å². The van der Waals surface area contributed by atoms with Gasteiger partial charge in [-0.1, -0.05) is 72.8 Å². The van der Waals surface area contributed by atoms with Crippen LogP contribution in [0.4, 0.5) is 4.79 Å². The molecule has 8 heteroatoms.